The summed E-state index contributed by atoms with van der Waals surface area (Å²) in [4.78, 5) is 0. The molecule has 0 aliphatic heterocycles. The van der Waals surface area contributed by atoms with Gasteiger partial charge in [-0.3, -0.25) is 0 Å². The van der Waals surface area contributed by atoms with Crippen molar-refractivity contribution in [1.82, 2.24) is 0 Å². The van der Waals surface area contributed by atoms with E-state index in [1.165, 1.54) is 12.1 Å². The van der Waals surface area contributed by atoms with Crippen molar-refractivity contribution >= 4 is 0 Å². The van der Waals surface area contributed by atoms with Crippen molar-refractivity contribution < 1.29 is 14.2 Å². The van der Waals surface area contributed by atoms with Crippen LogP contribution in [0.25, 0.3) is 0 Å². The zero-order valence-corrected chi connectivity index (χ0v) is 12.2. The highest BCUT2D eigenvalue weighted by atomic mass is 19.1. The van der Waals surface area contributed by atoms with Gasteiger partial charge in [0, 0.05) is 0 Å². The second kappa shape index (κ2) is 5.63. The molecule has 1 unspecified atom stereocenters. The van der Waals surface area contributed by atoms with Crippen LogP contribution in [0, 0.1) is 26.6 Å². The first-order valence-corrected chi connectivity index (χ1v) is 6.52. The summed E-state index contributed by atoms with van der Waals surface area (Å²) < 4.78 is 18.8. The lowest BCUT2D eigenvalue weighted by atomic mass is 9.96. The van der Waals surface area contributed by atoms with Crippen LogP contribution < -0.4 is 4.74 Å². The van der Waals surface area contributed by atoms with Crippen molar-refractivity contribution in [2.24, 2.45) is 0 Å². The third kappa shape index (κ3) is 2.83. The highest BCUT2D eigenvalue weighted by molar-refractivity contribution is 5.46. The van der Waals surface area contributed by atoms with Crippen LogP contribution in [0.3, 0.4) is 0 Å². The van der Waals surface area contributed by atoms with Crippen LogP contribution in [0.4, 0.5) is 4.39 Å². The first kappa shape index (κ1) is 14.5. The molecule has 1 N–H and O–H groups in total. The molecule has 3 heteroatoms. The summed E-state index contributed by atoms with van der Waals surface area (Å²) in [5.41, 5.74) is 4.00. The molecular formula is C17H19FO2. The third-order valence-electron chi connectivity index (χ3n) is 3.38. The summed E-state index contributed by atoms with van der Waals surface area (Å²) in [5.74, 6) is 0.484. The number of methoxy groups -OCH3 is 1. The molecule has 0 saturated heterocycles. The molecule has 0 spiro atoms. The number of rotatable bonds is 3. The van der Waals surface area contributed by atoms with Crippen LogP contribution >= 0.6 is 0 Å². The zero-order valence-electron chi connectivity index (χ0n) is 12.2. The topological polar surface area (TPSA) is 29.5 Å². The summed E-state index contributed by atoms with van der Waals surface area (Å²) in [7, 11) is 1.63. The smallest absolute Gasteiger partial charge is 0.124 e. The molecule has 0 heterocycles. The van der Waals surface area contributed by atoms with E-state index in [-0.39, 0.29) is 5.82 Å². The molecule has 2 rings (SSSR count). The Kier molecular flexibility index (Phi) is 4.09. The number of ether oxygens (including phenoxy) is 1. The Balaban J connectivity index is 2.45. The number of hydrogen-bond acceptors (Lipinski definition) is 2. The Morgan fingerprint density at radius 3 is 2.00 bits per heavy atom. The van der Waals surface area contributed by atoms with Gasteiger partial charge in [0.1, 0.15) is 17.7 Å². The minimum Gasteiger partial charge on any atom is -0.496 e. The maximum absolute atomic E-state index is 13.5. The van der Waals surface area contributed by atoms with Crippen molar-refractivity contribution in [3.63, 3.8) is 0 Å². The Morgan fingerprint density at radius 1 is 0.950 bits per heavy atom. The fourth-order valence-corrected chi connectivity index (χ4v) is 2.58. The first-order valence-electron chi connectivity index (χ1n) is 6.52. The van der Waals surface area contributed by atoms with Crippen LogP contribution in [0.1, 0.15) is 33.9 Å². The lowest BCUT2D eigenvalue weighted by molar-refractivity contribution is 0.219. The van der Waals surface area contributed by atoms with Crippen molar-refractivity contribution in [2.45, 2.75) is 26.9 Å². The number of aryl methyl sites for hydroxylation is 3. The van der Waals surface area contributed by atoms with Crippen LogP contribution in [0.2, 0.25) is 0 Å². The van der Waals surface area contributed by atoms with Crippen LogP contribution in [-0.2, 0) is 0 Å². The van der Waals surface area contributed by atoms with Gasteiger partial charge in [0.2, 0.25) is 0 Å². The molecular weight excluding hydrogens is 255 g/mol. The van der Waals surface area contributed by atoms with E-state index in [1.54, 1.807) is 13.2 Å². The molecule has 0 bridgehead atoms. The minimum absolute atomic E-state index is 0.332. The predicted molar refractivity (Wildman–Crippen MR) is 77.7 cm³/mol. The number of aliphatic hydroxyl groups excluding tert-OH is 1. The molecule has 0 aromatic heterocycles. The Morgan fingerprint density at radius 2 is 1.50 bits per heavy atom. The lowest BCUT2D eigenvalue weighted by Gasteiger charge is -2.16. The molecule has 0 radical (unpaired) electrons. The van der Waals surface area contributed by atoms with E-state index < -0.39 is 6.10 Å². The predicted octanol–water partition coefficient (Wildman–Crippen LogP) is 3.84. The molecule has 0 aliphatic carbocycles. The summed E-state index contributed by atoms with van der Waals surface area (Å²) in [5, 5.41) is 10.4. The number of halogens is 1. The van der Waals surface area contributed by atoms with E-state index in [2.05, 4.69) is 0 Å². The number of hydrogen-bond donors (Lipinski definition) is 1. The third-order valence-corrected chi connectivity index (χ3v) is 3.38. The second-order valence-electron chi connectivity index (χ2n) is 5.15. The van der Waals surface area contributed by atoms with E-state index in [9.17, 15) is 9.50 Å². The molecule has 0 fully saturated rings. The average Bonchev–Trinajstić information content (AvgIpc) is 2.36. The maximum Gasteiger partial charge on any atom is 0.124 e. The van der Waals surface area contributed by atoms with Crippen molar-refractivity contribution in [3.8, 4) is 5.75 Å². The molecule has 1 atom stereocenters. The van der Waals surface area contributed by atoms with Gasteiger partial charge in [-0.1, -0.05) is 6.07 Å². The van der Waals surface area contributed by atoms with Gasteiger partial charge in [-0.05, 0) is 72.9 Å². The highest BCUT2D eigenvalue weighted by Crippen LogP contribution is 2.30. The monoisotopic (exact) mass is 274 g/mol. The highest BCUT2D eigenvalue weighted by Gasteiger charge is 2.15. The average molecular weight is 274 g/mol. The zero-order chi connectivity index (χ0) is 14.9. The summed E-state index contributed by atoms with van der Waals surface area (Å²) in [6, 6.07) is 8.35. The maximum atomic E-state index is 13.5. The fraction of sp³-hybridized carbons (Fsp3) is 0.294. The fourth-order valence-electron chi connectivity index (χ4n) is 2.58. The Labute approximate surface area is 118 Å². The summed E-state index contributed by atoms with van der Waals surface area (Å²) in [6.07, 6.45) is -0.840. The van der Waals surface area contributed by atoms with Gasteiger partial charge in [-0.15, -0.1) is 0 Å². The Bertz CT molecular complexity index is 592. The first-order chi connectivity index (χ1) is 9.42. The molecule has 2 nitrogen and oxygen atoms in total. The van der Waals surface area contributed by atoms with Gasteiger partial charge in [-0.25, -0.2) is 4.39 Å². The molecule has 106 valence electrons. The van der Waals surface area contributed by atoms with Crippen LogP contribution in [0.5, 0.6) is 5.75 Å². The summed E-state index contributed by atoms with van der Waals surface area (Å²) >= 11 is 0. The summed E-state index contributed by atoms with van der Waals surface area (Å²) in [6.45, 7) is 5.67. The van der Waals surface area contributed by atoms with Crippen molar-refractivity contribution in [2.75, 3.05) is 7.11 Å². The second-order valence-corrected chi connectivity index (χ2v) is 5.15. The molecule has 2 aromatic carbocycles. The van der Waals surface area contributed by atoms with Crippen LogP contribution in [0.15, 0.2) is 30.3 Å². The van der Waals surface area contributed by atoms with Gasteiger partial charge in [0.05, 0.1) is 7.11 Å². The molecule has 0 aliphatic rings. The van der Waals surface area contributed by atoms with Gasteiger partial charge in [0.15, 0.2) is 0 Å². The number of aliphatic hydroxyl groups is 1. The van der Waals surface area contributed by atoms with Gasteiger partial charge in [-0.2, -0.15) is 0 Å². The van der Waals surface area contributed by atoms with Gasteiger partial charge in [0.25, 0.3) is 0 Å². The van der Waals surface area contributed by atoms with E-state index >= 15 is 0 Å². The molecule has 0 saturated carbocycles. The Hall–Kier alpha value is -1.87. The van der Waals surface area contributed by atoms with E-state index in [1.807, 2.05) is 32.9 Å². The molecule has 20 heavy (non-hydrogen) atoms. The minimum atomic E-state index is -0.840. The van der Waals surface area contributed by atoms with E-state index in [0.29, 0.717) is 5.56 Å². The van der Waals surface area contributed by atoms with E-state index in [4.69, 9.17) is 4.74 Å². The SMILES string of the molecule is COc1c(C)cc(C(O)c2cc(C)cc(F)c2)cc1C. The van der Waals surface area contributed by atoms with Crippen molar-refractivity contribution in [3.05, 3.63) is 64.0 Å². The normalized spacial score (nSPS) is 12.3. The van der Waals surface area contributed by atoms with Gasteiger partial charge < -0.3 is 9.84 Å². The largest absolute Gasteiger partial charge is 0.496 e. The quantitative estimate of drug-likeness (QED) is 0.921. The van der Waals surface area contributed by atoms with E-state index in [0.717, 1.165) is 28.0 Å². The molecule has 0 amide bonds. The van der Waals surface area contributed by atoms with Crippen LogP contribution in [-0.4, -0.2) is 12.2 Å². The number of benzene rings is 2. The molecule has 2 aromatic rings. The van der Waals surface area contributed by atoms with Gasteiger partial charge >= 0.3 is 0 Å². The van der Waals surface area contributed by atoms with Crippen molar-refractivity contribution in [1.29, 1.82) is 0 Å². The standard InChI is InChI=1S/C17H19FO2/c1-10-5-13(9-15(18)6-10)16(19)14-7-11(2)17(20-4)12(3)8-14/h5-9,16,19H,1-4H3. The lowest BCUT2D eigenvalue weighted by Crippen LogP contribution is -2.03.